The molecule has 0 aliphatic carbocycles. The predicted octanol–water partition coefficient (Wildman–Crippen LogP) is 2.76. The van der Waals surface area contributed by atoms with E-state index in [-0.39, 0.29) is 6.10 Å². The van der Waals surface area contributed by atoms with Gasteiger partial charge in [-0.2, -0.15) is 0 Å². The Kier molecular flexibility index (Phi) is 6.02. The molecular weight excluding hydrogens is 168 g/mol. The first-order valence-corrected chi connectivity index (χ1v) is 4.56. The summed E-state index contributed by atoms with van der Waals surface area (Å²) in [6.07, 6.45) is 1.47. The summed E-state index contributed by atoms with van der Waals surface area (Å²) in [5, 5.41) is 0. The normalized spacial score (nSPS) is 12.3. The Morgan fingerprint density at radius 3 is 2.54 bits per heavy atom. The fourth-order valence-corrected chi connectivity index (χ4v) is 0.690. The van der Waals surface area contributed by atoms with Crippen LogP contribution in [0.1, 0.15) is 27.2 Å². The van der Waals surface area contributed by atoms with Crippen molar-refractivity contribution >= 4 is 6.16 Å². The Bertz CT molecular complexity index is 164. The van der Waals surface area contributed by atoms with Gasteiger partial charge in [-0.1, -0.05) is 33.4 Å². The number of carbonyl (C=O) groups is 1. The molecule has 76 valence electrons. The molecule has 0 spiro atoms. The summed E-state index contributed by atoms with van der Waals surface area (Å²) in [7, 11) is 0. The van der Waals surface area contributed by atoms with Crippen LogP contribution in [0.5, 0.6) is 0 Å². The lowest BCUT2D eigenvalue weighted by Gasteiger charge is -2.12. The smallest absolute Gasteiger partial charge is 0.434 e. The summed E-state index contributed by atoms with van der Waals surface area (Å²) < 4.78 is 9.75. The highest BCUT2D eigenvalue weighted by molar-refractivity contribution is 5.60. The lowest BCUT2D eigenvalue weighted by Crippen LogP contribution is -2.17. The van der Waals surface area contributed by atoms with Crippen molar-refractivity contribution in [3.8, 4) is 0 Å². The van der Waals surface area contributed by atoms with Crippen LogP contribution in [0.3, 0.4) is 0 Å². The summed E-state index contributed by atoms with van der Waals surface area (Å²) in [6.45, 7) is 9.80. The number of hydrogen-bond donors (Lipinski definition) is 0. The van der Waals surface area contributed by atoms with Gasteiger partial charge in [-0.05, 0) is 12.3 Å². The molecule has 0 aliphatic rings. The second-order valence-corrected chi connectivity index (χ2v) is 3.26. The van der Waals surface area contributed by atoms with Gasteiger partial charge in [-0.3, -0.25) is 0 Å². The molecule has 0 aromatic rings. The molecule has 0 bridgehead atoms. The van der Waals surface area contributed by atoms with Gasteiger partial charge in [0.1, 0.15) is 6.10 Å². The Hall–Kier alpha value is -0.990. The molecule has 0 saturated heterocycles. The highest BCUT2D eigenvalue weighted by atomic mass is 16.7. The second kappa shape index (κ2) is 6.52. The maximum absolute atomic E-state index is 11.0. The van der Waals surface area contributed by atoms with E-state index >= 15 is 0 Å². The van der Waals surface area contributed by atoms with Crippen LogP contribution in [0.4, 0.5) is 4.79 Å². The molecule has 1 atom stereocenters. The Morgan fingerprint density at radius 2 is 2.15 bits per heavy atom. The van der Waals surface area contributed by atoms with Gasteiger partial charge in [-0.15, -0.1) is 0 Å². The molecule has 0 rings (SSSR count). The van der Waals surface area contributed by atoms with Crippen molar-refractivity contribution in [1.82, 2.24) is 0 Å². The zero-order valence-corrected chi connectivity index (χ0v) is 8.58. The minimum absolute atomic E-state index is 0.236. The van der Waals surface area contributed by atoms with Crippen LogP contribution < -0.4 is 0 Å². The summed E-state index contributed by atoms with van der Waals surface area (Å²) in [5.41, 5.74) is 0. The molecular formula is C10H18O3. The maximum Gasteiger partial charge on any atom is 0.508 e. The number of rotatable bonds is 5. The Balaban J connectivity index is 3.66. The van der Waals surface area contributed by atoms with Crippen molar-refractivity contribution in [2.45, 2.75) is 33.3 Å². The van der Waals surface area contributed by atoms with Crippen LogP contribution >= 0.6 is 0 Å². The van der Waals surface area contributed by atoms with E-state index < -0.39 is 6.16 Å². The lowest BCUT2D eigenvalue weighted by atomic mass is 10.2. The third-order valence-electron chi connectivity index (χ3n) is 1.45. The van der Waals surface area contributed by atoms with Gasteiger partial charge in [0.2, 0.25) is 0 Å². The first-order valence-electron chi connectivity index (χ1n) is 4.56. The molecule has 0 aromatic heterocycles. The van der Waals surface area contributed by atoms with Crippen LogP contribution in [-0.2, 0) is 9.47 Å². The molecule has 0 heterocycles. The standard InChI is InChI=1S/C10H18O3/c1-5-9(6-2)13-10(11)12-7-8(3)4/h5,8-9H,1,6-7H2,2-4H3. The topological polar surface area (TPSA) is 35.5 Å². The third-order valence-corrected chi connectivity index (χ3v) is 1.45. The molecule has 0 aromatic carbocycles. The monoisotopic (exact) mass is 186 g/mol. The van der Waals surface area contributed by atoms with Crippen molar-refractivity contribution in [3.05, 3.63) is 12.7 Å². The molecule has 0 saturated carbocycles. The SMILES string of the molecule is C=CC(CC)OC(=O)OCC(C)C. The maximum atomic E-state index is 11.0. The molecule has 0 N–H and O–H groups in total. The molecule has 0 radical (unpaired) electrons. The quantitative estimate of drug-likeness (QED) is 0.489. The molecule has 0 fully saturated rings. The molecule has 0 aliphatic heterocycles. The largest absolute Gasteiger partial charge is 0.508 e. The van der Waals surface area contributed by atoms with E-state index in [1.165, 1.54) is 0 Å². The van der Waals surface area contributed by atoms with Gasteiger partial charge in [0, 0.05) is 0 Å². The van der Waals surface area contributed by atoms with E-state index in [0.29, 0.717) is 12.5 Å². The minimum Gasteiger partial charge on any atom is -0.434 e. The molecule has 3 heteroatoms. The fourth-order valence-electron chi connectivity index (χ4n) is 0.690. The number of carbonyl (C=O) groups excluding carboxylic acids is 1. The van der Waals surface area contributed by atoms with Gasteiger partial charge in [0.15, 0.2) is 0 Å². The zero-order valence-electron chi connectivity index (χ0n) is 8.58. The number of ether oxygens (including phenoxy) is 2. The van der Waals surface area contributed by atoms with Crippen LogP contribution in [-0.4, -0.2) is 18.9 Å². The van der Waals surface area contributed by atoms with E-state index in [0.717, 1.165) is 6.42 Å². The van der Waals surface area contributed by atoms with E-state index in [1.807, 2.05) is 20.8 Å². The summed E-state index contributed by atoms with van der Waals surface area (Å²) in [6, 6.07) is 0. The highest BCUT2D eigenvalue weighted by Gasteiger charge is 2.10. The average molecular weight is 186 g/mol. The first-order chi connectivity index (χ1) is 6.10. The third kappa shape index (κ3) is 6.20. The Morgan fingerprint density at radius 1 is 1.54 bits per heavy atom. The van der Waals surface area contributed by atoms with Crippen molar-refractivity contribution in [2.24, 2.45) is 5.92 Å². The molecule has 3 nitrogen and oxygen atoms in total. The van der Waals surface area contributed by atoms with Crippen molar-refractivity contribution in [1.29, 1.82) is 0 Å². The van der Waals surface area contributed by atoms with E-state index in [9.17, 15) is 4.79 Å². The van der Waals surface area contributed by atoms with Crippen LogP contribution in [0.15, 0.2) is 12.7 Å². The first kappa shape index (κ1) is 12.0. The molecule has 13 heavy (non-hydrogen) atoms. The second-order valence-electron chi connectivity index (χ2n) is 3.26. The van der Waals surface area contributed by atoms with Crippen LogP contribution in [0.25, 0.3) is 0 Å². The molecule has 0 amide bonds. The Labute approximate surface area is 79.7 Å². The van der Waals surface area contributed by atoms with Gasteiger partial charge in [0.05, 0.1) is 6.61 Å². The summed E-state index contributed by atoms with van der Waals surface area (Å²) >= 11 is 0. The van der Waals surface area contributed by atoms with Crippen molar-refractivity contribution in [2.75, 3.05) is 6.61 Å². The van der Waals surface area contributed by atoms with Crippen molar-refractivity contribution in [3.63, 3.8) is 0 Å². The van der Waals surface area contributed by atoms with E-state index in [1.54, 1.807) is 6.08 Å². The average Bonchev–Trinajstić information content (AvgIpc) is 2.10. The van der Waals surface area contributed by atoms with E-state index in [2.05, 4.69) is 6.58 Å². The zero-order chi connectivity index (χ0) is 10.3. The summed E-state index contributed by atoms with van der Waals surface area (Å²) in [4.78, 5) is 11.0. The van der Waals surface area contributed by atoms with Gasteiger partial charge < -0.3 is 9.47 Å². The highest BCUT2D eigenvalue weighted by Crippen LogP contribution is 2.02. The van der Waals surface area contributed by atoms with Crippen LogP contribution in [0, 0.1) is 5.92 Å². The van der Waals surface area contributed by atoms with Gasteiger partial charge in [-0.25, -0.2) is 4.79 Å². The van der Waals surface area contributed by atoms with Crippen molar-refractivity contribution < 1.29 is 14.3 Å². The van der Waals surface area contributed by atoms with Gasteiger partial charge >= 0.3 is 6.16 Å². The lowest BCUT2D eigenvalue weighted by molar-refractivity contribution is 0.0299. The molecule has 1 unspecified atom stereocenters. The summed E-state index contributed by atoms with van der Waals surface area (Å²) in [5.74, 6) is 0.330. The van der Waals surface area contributed by atoms with E-state index in [4.69, 9.17) is 9.47 Å². The van der Waals surface area contributed by atoms with Gasteiger partial charge in [0.25, 0.3) is 0 Å². The minimum atomic E-state index is -0.611. The fraction of sp³-hybridized carbons (Fsp3) is 0.700. The number of hydrogen-bond acceptors (Lipinski definition) is 3. The predicted molar refractivity (Wildman–Crippen MR) is 51.5 cm³/mol. The van der Waals surface area contributed by atoms with Crippen LogP contribution in [0.2, 0.25) is 0 Å².